The molecule has 41 heavy (non-hydrogen) atoms. The van der Waals surface area contributed by atoms with E-state index in [1.54, 1.807) is 16.9 Å². The third kappa shape index (κ3) is 6.14. The molecule has 0 bridgehead atoms. The van der Waals surface area contributed by atoms with Gasteiger partial charge in [-0.1, -0.05) is 6.07 Å². The molecule has 9 nitrogen and oxygen atoms in total. The molecule has 2 amide bonds. The van der Waals surface area contributed by atoms with Crippen LogP contribution in [0.15, 0.2) is 30.5 Å². The van der Waals surface area contributed by atoms with Crippen LogP contribution in [-0.2, 0) is 9.53 Å². The Bertz CT molecular complexity index is 1400. The van der Waals surface area contributed by atoms with Crippen molar-refractivity contribution in [3.8, 4) is 0 Å². The maximum Gasteiger partial charge on any atom is 0.270 e. The molecule has 11 heteroatoms. The molecule has 0 radical (unpaired) electrons. The summed E-state index contributed by atoms with van der Waals surface area (Å²) in [5.41, 5.74) is 2.99. The Morgan fingerprint density at radius 2 is 1.93 bits per heavy atom. The highest BCUT2D eigenvalue weighted by Gasteiger charge is 2.46. The molecule has 3 aromatic rings. The lowest BCUT2D eigenvalue weighted by Crippen LogP contribution is -2.40. The Morgan fingerprint density at radius 1 is 1.12 bits per heavy atom. The summed E-state index contributed by atoms with van der Waals surface area (Å²) < 4.78 is 34.3. The smallest absolute Gasteiger partial charge is 0.270 e. The molecule has 2 aliphatic carbocycles. The van der Waals surface area contributed by atoms with Crippen LogP contribution in [0.1, 0.15) is 105 Å². The van der Waals surface area contributed by atoms with Crippen molar-refractivity contribution in [2.75, 3.05) is 6.61 Å². The average molecular weight is 569 g/mol. The molecule has 1 saturated heterocycles. The lowest BCUT2D eigenvalue weighted by atomic mass is 9.79. The summed E-state index contributed by atoms with van der Waals surface area (Å²) in [5.74, 6) is -2.35. The van der Waals surface area contributed by atoms with Gasteiger partial charge in [-0.25, -0.2) is 13.8 Å². The van der Waals surface area contributed by atoms with Gasteiger partial charge >= 0.3 is 0 Å². The molecule has 3 aliphatic rings. The Balaban J connectivity index is 1.22. The number of hydrogen-bond acceptors (Lipinski definition) is 5. The summed E-state index contributed by atoms with van der Waals surface area (Å²) in [6.07, 6.45) is 5.94. The minimum Gasteiger partial charge on any atom is -0.376 e. The number of carbonyl (C=O) groups excluding carboxylic acids is 2. The third-order valence-electron chi connectivity index (χ3n) is 8.50. The van der Waals surface area contributed by atoms with Gasteiger partial charge in [0.25, 0.3) is 5.91 Å². The molecule has 3 heterocycles. The minimum absolute atomic E-state index is 0.0364. The first kappa shape index (κ1) is 27.8. The number of benzene rings is 1. The van der Waals surface area contributed by atoms with Crippen LogP contribution in [0.4, 0.5) is 8.78 Å². The molecule has 1 aromatic carbocycles. The molecule has 3 N–H and O–H groups in total. The summed E-state index contributed by atoms with van der Waals surface area (Å²) in [7, 11) is 0. The number of halogens is 2. The minimum atomic E-state index is -2.63. The second kappa shape index (κ2) is 11.2. The number of aromatic nitrogens is 4. The van der Waals surface area contributed by atoms with Gasteiger partial charge in [-0.3, -0.25) is 14.3 Å². The summed E-state index contributed by atoms with van der Waals surface area (Å²) >= 11 is 0. The van der Waals surface area contributed by atoms with Crippen LogP contribution in [-0.4, -0.2) is 50.2 Å². The van der Waals surface area contributed by atoms with Crippen molar-refractivity contribution in [2.45, 2.75) is 95.4 Å². The highest BCUT2D eigenvalue weighted by molar-refractivity contribution is 5.93. The maximum absolute atomic E-state index is 13.4. The molecular weight excluding hydrogens is 530 g/mol. The van der Waals surface area contributed by atoms with Crippen molar-refractivity contribution in [2.24, 2.45) is 11.8 Å². The van der Waals surface area contributed by atoms with Crippen molar-refractivity contribution in [1.29, 1.82) is 0 Å². The van der Waals surface area contributed by atoms with E-state index >= 15 is 0 Å². The number of imidazole rings is 1. The third-order valence-corrected chi connectivity index (χ3v) is 8.50. The quantitative estimate of drug-likeness (QED) is 0.304. The highest BCUT2D eigenvalue weighted by atomic mass is 19.3. The first-order chi connectivity index (χ1) is 19.7. The highest BCUT2D eigenvalue weighted by Crippen LogP contribution is 2.45. The molecule has 3 fully saturated rings. The van der Waals surface area contributed by atoms with Crippen LogP contribution in [0.3, 0.4) is 0 Å². The number of rotatable bonds is 10. The van der Waals surface area contributed by atoms with Gasteiger partial charge in [0.2, 0.25) is 11.8 Å². The number of fused-ring (bicyclic) bond motifs is 1. The Labute approximate surface area is 237 Å². The largest absolute Gasteiger partial charge is 0.376 e. The maximum atomic E-state index is 13.4. The van der Waals surface area contributed by atoms with Crippen molar-refractivity contribution in [3.63, 3.8) is 0 Å². The number of nitrogens with zero attached hydrogens (tertiary/aromatic N) is 3. The molecule has 6 rings (SSSR count). The van der Waals surface area contributed by atoms with Crippen LogP contribution in [0.25, 0.3) is 11.0 Å². The van der Waals surface area contributed by atoms with E-state index in [9.17, 15) is 18.4 Å². The van der Waals surface area contributed by atoms with E-state index in [2.05, 4.69) is 20.7 Å². The fourth-order valence-electron chi connectivity index (χ4n) is 6.20. The van der Waals surface area contributed by atoms with Gasteiger partial charge in [0.15, 0.2) is 0 Å². The Hall–Kier alpha value is -3.34. The molecule has 2 saturated carbocycles. The van der Waals surface area contributed by atoms with E-state index in [0.717, 1.165) is 48.7 Å². The lowest BCUT2D eigenvalue weighted by Gasteiger charge is -2.34. The number of ether oxygens (including phenoxy) is 1. The Kier molecular flexibility index (Phi) is 7.56. The molecular formula is C30H38F2N6O3. The first-order valence-electron chi connectivity index (χ1n) is 14.8. The number of carbonyl (C=O) groups is 2. The van der Waals surface area contributed by atoms with Crippen LogP contribution >= 0.6 is 0 Å². The molecule has 0 spiro atoms. The zero-order chi connectivity index (χ0) is 28.7. The number of aromatic amines is 1. The summed E-state index contributed by atoms with van der Waals surface area (Å²) in [6.45, 7) is 4.59. The monoisotopic (exact) mass is 568 g/mol. The number of H-pyrrole nitrogens is 1. The van der Waals surface area contributed by atoms with Crippen molar-refractivity contribution >= 4 is 22.8 Å². The van der Waals surface area contributed by atoms with Gasteiger partial charge in [0.1, 0.15) is 17.6 Å². The first-order valence-corrected chi connectivity index (χ1v) is 14.8. The average Bonchev–Trinajstić information content (AvgIpc) is 3.47. The van der Waals surface area contributed by atoms with Crippen molar-refractivity contribution in [3.05, 3.63) is 47.5 Å². The van der Waals surface area contributed by atoms with E-state index in [0.29, 0.717) is 24.0 Å². The zero-order valence-corrected chi connectivity index (χ0v) is 23.5. The van der Waals surface area contributed by atoms with Crippen LogP contribution < -0.4 is 10.6 Å². The van der Waals surface area contributed by atoms with Crippen molar-refractivity contribution < 1.29 is 23.1 Å². The predicted octanol–water partition coefficient (Wildman–Crippen LogP) is 5.38. The van der Waals surface area contributed by atoms with Gasteiger partial charge in [0, 0.05) is 38.1 Å². The van der Waals surface area contributed by atoms with E-state index in [1.165, 1.54) is 0 Å². The number of alkyl halides is 2. The van der Waals surface area contributed by atoms with E-state index in [4.69, 9.17) is 9.72 Å². The summed E-state index contributed by atoms with van der Waals surface area (Å²) in [4.78, 5) is 34.4. The number of hydrogen-bond donors (Lipinski definition) is 3. The van der Waals surface area contributed by atoms with Crippen molar-refractivity contribution in [1.82, 2.24) is 30.4 Å². The lowest BCUT2D eigenvalue weighted by molar-refractivity contribution is -0.134. The van der Waals surface area contributed by atoms with Gasteiger partial charge in [-0.15, -0.1) is 0 Å². The SMILES string of the molecule is CC(C)n1nccc1C(=O)N[C@H](c1nc2ccc([C@H](NC(=O)CC3CC(F)(F)C3)C3CC3)cc2[nH]1)[C@@H]1CCCCO1. The van der Waals surface area contributed by atoms with Gasteiger partial charge in [-0.05, 0) is 81.5 Å². The molecule has 1 aliphatic heterocycles. The van der Waals surface area contributed by atoms with Crippen LogP contribution in [0, 0.1) is 11.8 Å². The van der Waals surface area contributed by atoms with E-state index < -0.39 is 12.0 Å². The normalized spacial score (nSPS) is 22.3. The summed E-state index contributed by atoms with van der Waals surface area (Å²) in [6, 6.07) is 6.99. The second-order valence-corrected chi connectivity index (χ2v) is 12.2. The van der Waals surface area contributed by atoms with Crippen LogP contribution in [0.2, 0.25) is 0 Å². The summed E-state index contributed by atoms with van der Waals surface area (Å²) in [5, 5.41) is 10.6. The van der Waals surface area contributed by atoms with Crippen LogP contribution in [0.5, 0.6) is 0 Å². The fraction of sp³-hybridized carbons (Fsp3) is 0.600. The molecule has 3 atom stereocenters. The molecule has 220 valence electrons. The predicted molar refractivity (Wildman–Crippen MR) is 148 cm³/mol. The fourth-order valence-corrected chi connectivity index (χ4v) is 6.20. The van der Waals surface area contributed by atoms with E-state index in [-0.39, 0.29) is 55.2 Å². The van der Waals surface area contributed by atoms with E-state index in [1.807, 2.05) is 32.0 Å². The standard InChI is InChI=1S/C30H38F2N6O3/c1-17(2)38-23(10-11-33-38)29(40)37-27(24-5-3-4-12-41-24)28-34-21-9-8-20(14-22(21)35-28)26(19-6-7-19)36-25(39)13-18-15-30(31,32)16-18/h8-11,14,17-19,24,26-27H,3-7,12-13,15-16H2,1-2H3,(H,34,35)(H,36,39)(H,37,40)/t24-,26+,27-/m0/s1. The van der Waals surface area contributed by atoms with Gasteiger partial charge in [-0.2, -0.15) is 5.10 Å². The number of amides is 2. The number of nitrogens with one attached hydrogen (secondary N) is 3. The molecule has 0 unspecified atom stereocenters. The van der Waals surface area contributed by atoms with Gasteiger partial charge in [0.05, 0.1) is 23.2 Å². The van der Waals surface area contributed by atoms with Gasteiger partial charge < -0.3 is 20.4 Å². The second-order valence-electron chi connectivity index (χ2n) is 12.2. The topological polar surface area (TPSA) is 114 Å². The zero-order valence-electron chi connectivity index (χ0n) is 23.5. The Morgan fingerprint density at radius 3 is 2.61 bits per heavy atom. The molecule has 2 aromatic heterocycles.